The molecule has 4 nitrogen and oxygen atoms in total. The van der Waals surface area contributed by atoms with Crippen LogP contribution >= 0.6 is 59.1 Å². The Kier molecular flexibility index (Phi) is 7.55. The predicted molar refractivity (Wildman–Crippen MR) is 110 cm³/mol. The SMILES string of the molecule is Cl.Cl.O=C(Cc1csc(-c2ccc(Cl)s2)n1)NC1CC2CCC(C1)N2. The monoisotopic (exact) mass is 439 g/mol. The number of amides is 1. The maximum Gasteiger partial charge on any atom is 0.226 e. The number of thiophene rings is 1. The Morgan fingerprint density at radius 2 is 2.00 bits per heavy atom. The average Bonchev–Trinajstić information content (AvgIpc) is 3.20. The van der Waals surface area contributed by atoms with E-state index in [1.165, 1.54) is 24.2 Å². The smallest absolute Gasteiger partial charge is 0.226 e. The van der Waals surface area contributed by atoms with E-state index in [4.69, 9.17) is 11.6 Å². The first-order chi connectivity index (χ1) is 11.2. The van der Waals surface area contributed by atoms with Crippen molar-refractivity contribution in [3.63, 3.8) is 0 Å². The van der Waals surface area contributed by atoms with Gasteiger partial charge in [-0.15, -0.1) is 47.5 Å². The molecule has 138 valence electrons. The Morgan fingerprint density at radius 3 is 2.64 bits per heavy atom. The quantitative estimate of drug-likeness (QED) is 0.745. The number of carbonyl (C=O) groups excluding carboxylic acids is 1. The van der Waals surface area contributed by atoms with Crippen LogP contribution in [-0.4, -0.2) is 29.0 Å². The fraction of sp³-hybridized carbons (Fsp3) is 0.500. The van der Waals surface area contributed by atoms with E-state index in [-0.39, 0.29) is 30.7 Å². The van der Waals surface area contributed by atoms with Gasteiger partial charge < -0.3 is 10.6 Å². The molecule has 2 atom stereocenters. The normalized spacial score (nSPS) is 24.3. The summed E-state index contributed by atoms with van der Waals surface area (Å²) in [6, 6.07) is 5.35. The van der Waals surface area contributed by atoms with Crippen LogP contribution in [0.4, 0.5) is 0 Å². The van der Waals surface area contributed by atoms with Crippen molar-refractivity contribution in [1.82, 2.24) is 15.6 Å². The standard InChI is InChI=1S/C16H18ClN3OS2.2ClH/c17-14-4-3-13(23-14)16-20-12(8-22-16)7-15(21)19-11-5-9-1-2-10(6-11)18-9;;/h3-4,8-11,18H,1-2,5-7H2,(H,19,21);2*1H. The van der Waals surface area contributed by atoms with E-state index in [0.717, 1.165) is 32.8 Å². The molecule has 2 bridgehead atoms. The van der Waals surface area contributed by atoms with Crippen LogP contribution in [0.2, 0.25) is 4.34 Å². The number of halogens is 3. The van der Waals surface area contributed by atoms with Gasteiger partial charge in [0.25, 0.3) is 0 Å². The minimum Gasteiger partial charge on any atom is -0.353 e. The molecule has 0 aromatic carbocycles. The summed E-state index contributed by atoms with van der Waals surface area (Å²) in [5.74, 6) is 0.0809. The molecule has 2 fully saturated rings. The summed E-state index contributed by atoms with van der Waals surface area (Å²) in [6.07, 6.45) is 4.96. The van der Waals surface area contributed by atoms with Gasteiger partial charge in [0.2, 0.25) is 5.91 Å². The number of nitrogens with one attached hydrogen (secondary N) is 2. The fourth-order valence-corrected chi connectivity index (χ4v) is 5.48. The maximum atomic E-state index is 12.3. The van der Waals surface area contributed by atoms with Crippen molar-refractivity contribution in [3.8, 4) is 9.88 Å². The first-order valence-electron chi connectivity index (χ1n) is 7.91. The fourth-order valence-electron chi connectivity index (χ4n) is 3.55. The van der Waals surface area contributed by atoms with Gasteiger partial charge in [0.05, 0.1) is 21.3 Å². The summed E-state index contributed by atoms with van der Waals surface area (Å²) < 4.78 is 0.759. The first-order valence-corrected chi connectivity index (χ1v) is 9.98. The van der Waals surface area contributed by atoms with Crippen LogP contribution < -0.4 is 10.6 Å². The zero-order valence-corrected chi connectivity index (χ0v) is 17.4. The Balaban J connectivity index is 0.00000113. The molecule has 2 aliphatic rings. The van der Waals surface area contributed by atoms with E-state index in [9.17, 15) is 4.79 Å². The Hall–Kier alpha value is -0.370. The Labute approximate surface area is 172 Å². The third-order valence-electron chi connectivity index (χ3n) is 4.52. The molecule has 2 saturated heterocycles. The Bertz CT molecular complexity index is 709. The molecule has 2 aliphatic heterocycles. The molecule has 2 unspecified atom stereocenters. The number of nitrogens with zero attached hydrogens (tertiary/aromatic N) is 1. The van der Waals surface area contributed by atoms with Gasteiger partial charge in [-0.2, -0.15) is 0 Å². The van der Waals surface area contributed by atoms with Crippen molar-refractivity contribution < 1.29 is 4.79 Å². The molecule has 4 rings (SSSR count). The van der Waals surface area contributed by atoms with E-state index in [0.29, 0.717) is 24.5 Å². The molecule has 0 aliphatic carbocycles. The summed E-state index contributed by atoms with van der Waals surface area (Å²) >= 11 is 9.04. The molecule has 0 saturated carbocycles. The zero-order valence-electron chi connectivity index (χ0n) is 13.4. The van der Waals surface area contributed by atoms with Gasteiger partial charge >= 0.3 is 0 Å². The van der Waals surface area contributed by atoms with Gasteiger partial charge in [-0.3, -0.25) is 4.79 Å². The van der Waals surface area contributed by atoms with Gasteiger partial charge in [-0.05, 0) is 37.8 Å². The van der Waals surface area contributed by atoms with E-state index < -0.39 is 0 Å². The highest BCUT2D eigenvalue weighted by Crippen LogP contribution is 2.33. The Morgan fingerprint density at radius 1 is 1.28 bits per heavy atom. The number of piperidine rings is 1. The third kappa shape index (κ3) is 5.08. The topological polar surface area (TPSA) is 54.0 Å². The van der Waals surface area contributed by atoms with Gasteiger partial charge in [-0.25, -0.2) is 4.98 Å². The van der Waals surface area contributed by atoms with E-state index >= 15 is 0 Å². The number of rotatable bonds is 4. The van der Waals surface area contributed by atoms with Crippen molar-refractivity contribution in [2.75, 3.05) is 0 Å². The van der Waals surface area contributed by atoms with E-state index in [2.05, 4.69) is 15.6 Å². The molecule has 1 amide bonds. The van der Waals surface area contributed by atoms with Crippen LogP contribution in [0, 0.1) is 0 Å². The highest BCUT2D eigenvalue weighted by atomic mass is 35.5. The largest absolute Gasteiger partial charge is 0.353 e. The molecular weight excluding hydrogens is 421 g/mol. The second kappa shape index (κ2) is 9.02. The van der Waals surface area contributed by atoms with Crippen LogP contribution in [-0.2, 0) is 11.2 Å². The highest BCUT2D eigenvalue weighted by molar-refractivity contribution is 7.23. The van der Waals surface area contributed by atoms with Gasteiger partial charge in [-0.1, -0.05) is 11.6 Å². The molecular formula is C16H20Cl3N3OS2. The van der Waals surface area contributed by atoms with Crippen molar-refractivity contribution in [1.29, 1.82) is 0 Å². The average molecular weight is 441 g/mol. The highest BCUT2D eigenvalue weighted by Gasteiger charge is 2.33. The number of fused-ring (bicyclic) bond motifs is 2. The first kappa shape index (κ1) is 20.9. The van der Waals surface area contributed by atoms with Crippen LogP contribution in [0.3, 0.4) is 0 Å². The molecule has 2 aromatic heterocycles. The lowest BCUT2D eigenvalue weighted by atomic mass is 9.99. The lowest BCUT2D eigenvalue weighted by Gasteiger charge is -2.29. The number of hydrogen-bond donors (Lipinski definition) is 2. The summed E-state index contributed by atoms with van der Waals surface area (Å²) in [7, 11) is 0. The molecule has 9 heteroatoms. The summed E-state index contributed by atoms with van der Waals surface area (Å²) in [5, 5.41) is 9.69. The van der Waals surface area contributed by atoms with Crippen LogP contribution in [0.15, 0.2) is 17.5 Å². The summed E-state index contributed by atoms with van der Waals surface area (Å²) in [4.78, 5) is 17.9. The lowest BCUT2D eigenvalue weighted by Crippen LogP contribution is -2.48. The third-order valence-corrected chi connectivity index (χ3v) is 6.81. The van der Waals surface area contributed by atoms with E-state index in [1.807, 2.05) is 17.5 Å². The van der Waals surface area contributed by atoms with Crippen molar-refractivity contribution in [3.05, 3.63) is 27.5 Å². The van der Waals surface area contributed by atoms with Crippen molar-refractivity contribution in [2.45, 2.75) is 50.2 Å². The molecule has 4 heterocycles. The minimum absolute atomic E-state index is 0. The predicted octanol–water partition coefficient (Wildman–Crippen LogP) is 4.31. The molecule has 2 N–H and O–H groups in total. The summed E-state index contributed by atoms with van der Waals surface area (Å²) in [6.45, 7) is 0. The van der Waals surface area contributed by atoms with Gasteiger partial charge in [0.15, 0.2) is 0 Å². The number of hydrogen-bond acceptors (Lipinski definition) is 5. The molecule has 0 spiro atoms. The van der Waals surface area contributed by atoms with E-state index in [1.54, 1.807) is 11.3 Å². The van der Waals surface area contributed by atoms with Gasteiger partial charge in [0, 0.05) is 23.5 Å². The van der Waals surface area contributed by atoms with Crippen molar-refractivity contribution >= 4 is 65.0 Å². The zero-order chi connectivity index (χ0) is 15.8. The van der Waals surface area contributed by atoms with Crippen molar-refractivity contribution in [2.24, 2.45) is 0 Å². The molecule has 0 radical (unpaired) electrons. The lowest BCUT2D eigenvalue weighted by molar-refractivity contribution is -0.121. The number of carbonyl (C=O) groups is 1. The van der Waals surface area contributed by atoms with Gasteiger partial charge in [0.1, 0.15) is 5.01 Å². The molecule has 2 aromatic rings. The minimum atomic E-state index is 0. The summed E-state index contributed by atoms with van der Waals surface area (Å²) in [5.41, 5.74) is 0.837. The molecule has 25 heavy (non-hydrogen) atoms. The second-order valence-electron chi connectivity index (χ2n) is 6.30. The number of thiazole rings is 1. The maximum absolute atomic E-state index is 12.3. The number of aromatic nitrogens is 1. The van der Waals surface area contributed by atoms with Crippen LogP contribution in [0.25, 0.3) is 9.88 Å². The van der Waals surface area contributed by atoms with Crippen LogP contribution in [0.1, 0.15) is 31.4 Å². The second-order valence-corrected chi connectivity index (χ2v) is 8.87. The van der Waals surface area contributed by atoms with Crippen LogP contribution in [0.5, 0.6) is 0 Å².